The van der Waals surface area contributed by atoms with Crippen LogP contribution in [0.4, 0.5) is 0 Å². The molecule has 0 aliphatic carbocycles. The Hall–Kier alpha value is -2.01. The van der Waals surface area contributed by atoms with E-state index in [-0.39, 0.29) is 11.7 Å². The van der Waals surface area contributed by atoms with Crippen molar-refractivity contribution in [2.45, 2.75) is 64.3 Å². The lowest BCUT2D eigenvalue weighted by Crippen LogP contribution is -2.45. The van der Waals surface area contributed by atoms with Crippen LogP contribution in [-0.2, 0) is 9.59 Å². The molecule has 156 valence electrons. The third kappa shape index (κ3) is 17.4. The molecule has 0 aromatic carbocycles. The van der Waals surface area contributed by atoms with E-state index in [0.29, 0.717) is 6.42 Å². The number of amides is 2. The van der Waals surface area contributed by atoms with Gasteiger partial charge in [-0.2, -0.15) is 12.6 Å². The van der Waals surface area contributed by atoms with Crippen LogP contribution in [0.25, 0.3) is 0 Å². The van der Waals surface area contributed by atoms with Crippen LogP contribution in [0, 0.1) is 0 Å². The summed E-state index contributed by atoms with van der Waals surface area (Å²) < 4.78 is 0. The molecule has 0 heterocycles. The number of unbranched alkanes of at least 4 members (excludes halogenated alkanes) is 1. The van der Waals surface area contributed by atoms with Gasteiger partial charge in [-0.15, -0.1) is 0 Å². The Bertz CT molecular complexity index is 563. The maximum atomic E-state index is 11.7. The number of rotatable bonds is 16. The second-order valence-corrected chi connectivity index (χ2v) is 6.67. The van der Waals surface area contributed by atoms with Gasteiger partial charge < -0.3 is 11.1 Å². The molecule has 5 heteroatoms. The van der Waals surface area contributed by atoms with Crippen molar-refractivity contribution in [3.8, 4) is 0 Å². The van der Waals surface area contributed by atoms with E-state index in [4.69, 9.17) is 5.73 Å². The first-order valence-electron chi connectivity index (χ1n) is 10.1. The molecule has 0 aliphatic heterocycles. The number of carbonyl (C=O) groups is 2. The molecule has 2 amide bonds. The van der Waals surface area contributed by atoms with Crippen molar-refractivity contribution in [1.82, 2.24) is 5.32 Å². The van der Waals surface area contributed by atoms with Gasteiger partial charge in [-0.25, -0.2) is 0 Å². The minimum atomic E-state index is -0.690. The van der Waals surface area contributed by atoms with E-state index in [1.165, 1.54) is 0 Å². The van der Waals surface area contributed by atoms with Crippen LogP contribution in [0.2, 0.25) is 0 Å². The largest absolute Gasteiger partial charge is 0.368 e. The van der Waals surface area contributed by atoms with Gasteiger partial charge in [0.2, 0.25) is 11.8 Å². The van der Waals surface area contributed by atoms with Gasteiger partial charge >= 0.3 is 0 Å². The zero-order valence-electron chi connectivity index (χ0n) is 17.1. The maximum Gasteiger partial charge on any atom is 0.240 e. The normalized spacial score (nSPS) is 13.5. The Morgan fingerprint density at radius 2 is 1.32 bits per heavy atom. The summed E-state index contributed by atoms with van der Waals surface area (Å²) in [5.41, 5.74) is 5.16. The molecule has 4 nitrogen and oxygen atoms in total. The fraction of sp³-hybridized carbons (Fsp3) is 0.478. The van der Waals surface area contributed by atoms with Crippen molar-refractivity contribution >= 4 is 24.4 Å². The average molecular weight is 405 g/mol. The van der Waals surface area contributed by atoms with E-state index in [2.05, 4.69) is 85.6 Å². The Labute approximate surface area is 176 Å². The highest BCUT2D eigenvalue weighted by Gasteiger charge is 2.15. The van der Waals surface area contributed by atoms with Gasteiger partial charge in [0.15, 0.2) is 0 Å². The van der Waals surface area contributed by atoms with Crippen LogP contribution in [0.15, 0.2) is 60.8 Å². The van der Waals surface area contributed by atoms with Gasteiger partial charge in [0, 0.05) is 12.2 Å². The zero-order valence-corrected chi connectivity index (χ0v) is 18.0. The molecule has 0 rings (SSSR count). The Morgan fingerprint density at radius 3 is 1.75 bits per heavy atom. The number of carbonyl (C=O) groups excluding carboxylic acids is 2. The van der Waals surface area contributed by atoms with Crippen molar-refractivity contribution < 1.29 is 9.59 Å². The number of thiol groups is 1. The molecule has 0 radical (unpaired) electrons. The standard InChI is InChI=1S/C23H36N2O2S/c1-2-3-4-5-6-7-8-9-10-11-12-13-14-15-16-17-18-19-22(26)25-21(20-28)23(24)27/h3-4,6-7,9-10,12-13,15-16,21,28H,2,5,8,11,14,17-20H2,1H3,(H2,24,27)(H,25,26)/b4-3-,7-6-,10-9-,13-12-,16-15-. The maximum absolute atomic E-state index is 11.7. The molecule has 0 aliphatic rings. The first-order valence-corrected chi connectivity index (χ1v) is 10.7. The molecule has 1 unspecified atom stereocenters. The van der Waals surface area contributed by atoms with Gasteiger partial charge in [0.25, 0.3) is 0 Å². The molecule has 0 saturated heterocycles. The van der Waals surface area contributed by atoms with Crippen molar-refractivity contribution in [2.24, 2.45) is 5.73 Å². The van der Waals surface area contributed by atoms with Crippen molar-refractivity contribution in [3.63, 3.8) is 0 Å². The minimum Gasteiger partial charge on any atom is -0.368 e. The van der Waals surface area contributed by atoms with Crippen molar-refractivity contribution in [1.29, 1.82) is 0 Å². The lowest BCUT2D eigenvalue weighted by molar-refractivity contribution is -0.126. The first-order chi connectivity index (χ1) is 13.6. The third-order valence-electron chi connectivity index (χ3n) is 3.79. The molecule has 0 aromatic heterocycles. The summed E-state index contributed by atoms with van der Waals surface area (Å²) in [6.07, 6.45) is 28.5. The van der Waals surface area contributed by atoms with Gasteiger partial charge in [-0.3, -0.25) is 9.59 Å². The Balaban J connectivity index is 3.66. The van der Waals surface area contributed by atoms with E-state index in [9.17, 15) is 9.59 Å². The van der Waals surface area contributed by atoms with Gasteiger partial charge in [0.05, 0.1) is 0 Å². The molecular weight excluding hydrogens is 368 g/mol. The third-order valence-corrected chi connectivity index (χ3v) is 4.16. The second kappa shape index (κ2) is 19.7. The summed E-state index contributed by atoms with van der Waals surface area (Å²) in [6.45, 7) is 2.14. The lowest BCUT2D eigenvalue weighted by Gasteiger charge is -2.12. The number of nitrogens with two attached hydrogens (primary N) is 1. The number of nitrogens with one attached hydrogen (secondary N) is 1. The summed E-state index contributed by atoms with van der Waals surface area (Å²) in [7, 11) is 0. The van der Waals surface area contributed by atoms with Crippen molar-refractivity contribution in [2.75, 3.05) is 5.75 Å². The van der Waals surface area contributed by atoms with Crippen LogP contribution < -0.4 is 11.1 Å². The Morgan fingerprint density at radius 1 is 0.857 bits per heavy atom. The molecular formula is C23H36N2O2S. The quantitative estimate of drug-likeness (QED) is 0.196. The first kappa shape index (κ1) is 26.0. The summed E-state index contributed by atoms with van der Waals surface area (Å²) in [5, 5.41) is 2.58. The highest BCUT2D eigenvalue weighted by atomic mass is 32.1. The van der Waals surface area contributed by atoms with E-state index in [1.807, 2.05) is 0 Å². The molecule has 0 spiro atoms. The monoisotopic (exact) mass is 404 g/mol. The fourth-order valence-electron chi connectivity index (χ4n) is 2.22. The Kier molecular flexibility index (Phi) is 18.3. The van der Waals surface area contributed by atoms with E-state index in [1.54, 1.807) is 0 Å². The number of allylic oxidation sites excluding steroid dienone is 10. The highest BCUT2D eigenvalue weighted by molar-refractivity contribution is 7.80. The molecule has 1 atom stereocenters. The summed E-state index contributed by atoms with van der Waals surface area (Å²) in [5.74, 6) is -0.498. The average Bonchev–Trinajstić information content (AvgIpc) is 2.68. The second-order valence-electron chi connectivity index (χ2n) is 6.31. The topological polar surface area (TPSA) is 72.2 Å². The van der Waals surface area contributed by atoms with Crippen LogP contribution >= 0.6 is 12.6 Å². The molecule has 0 bridgehead atoms. The number of primary amides is 1. The van der Waals surface area contributed by atoms with Gasteiger partial charge in [0.1, 0.15) is 6.04 Å². The molecule has 3 N–H and O–H groups in total. The summed E-state index contributed by atoms with van der Waals surface area (Å²) in [4.78, 5) is 22.7. The summed E-state index contributed by atoms with van der Waals surface area (Å²) >= 11 is 3.99. The molecule has 0 saturated carbocycles. The van der Waals surface area contributed by atoms with E-state index >= 15 is 0 Å². The number of hydrogen-bond donors (Lipinski definition) is 3. The van der Waals surface area contributed by atoms with Crippen LogP contribution in [0.3, 0.4) is 0 Å². The van der Waals surface area contributed by atoms with Crippen LogP contribution in [-0.4, -0.2) is 23.6 Å². The zero-order chi connectivity index (χ0) is 20.9. The van der Waals surface area contributed by atoms with Gasteiger partial charge in [-0.05, 0) is 44.9 Å². The molecule has 0 aromatic rings. The highest BCUT2D eigenvalue weighted by Crippen LogP contribution is 2.00. The smallest absolute Gasteiger partial charge is 0.240 e. The summed E-state index contributed by atoms with van der Waals surface area (Å²) in [6, 6.07) is -0.690. The molecule has 0 fully saturated rings. The lowest BCUT2D eigenvalue weighted by atomic mass is 10.2. The van der Waals surface area contributed by atoms with Gasteiger partial charge in [-0.1, -0.05) is 67.7 Å². The number of hydrogen-bond acceptors (Lipinski definition) is 3. The van der Waals surface area contributed by atoms with Crippen LogP contribution in [0.1, 0.15) is 58.3 Å². The predicted octanol–water partition coefficient (Wildman–Crippen LogP) is 4.81. The van der Waals surface area contributed by atoms with Crippen molar-refractivity contribution in [3.05, 3.63) is 60.8 Å². The molecule has 28 heavy (non-hydrogen) atoms. The van der Waals surface area contributed by atoms with E-state index in [0.717, 1.165) is 44.9 Å². The fourth-order valence-corrected chi connectivity index (χ4v) is 2.49. The van der Waals surface area contributed by atoms with Crippen LogP contribution in [0.5, 0.6) is 0 Å². The predicted molar refractivity (Wildman–Crippen MR) is 123 cm³/mol. The SMILES string of the molecule is CC/C=C\C/C=C\C/C=C\C/C=C\C/C=C\CCCC(=O)NC(CS)C(N)=O. The van der Waals surface area contributed by atoms with E-state index < -0.39 is 11.9 Å². The minimum absolute atomic E-state index is 0.162.